The van der Waals surface area contributed by atoms with Gasteiger partial charge in [0.15, 0.2) is 0 Å². The largest absolute Gasteiger partial charge is 0.444 e. The maximum absolute atomic E-state index is 12.4. The third-order valence-corrected chi connectivity index (χ3v) is 4.44. The zero-order valence-corrected chi connectivity index (χ0v) is 15.9. The van der Waals surface area contributed by atoms with Gasteiger partial charge in [-0.1, -0.05) is 12.8 Å². The highest BCUT2D eigenvalue weighted by atomic mass is 16.6. The quantitative estimate of drug-likeness (QED) is 0.735. The molecular weight excluding hydrogens is 292 g/mol. The molecular formula is C18H36N2O3. The normalized spacial score (nSPS) is 18.0. The molecule has 23 heavy (non-hydrogen) atoms. The van der Waals surface area contributed by atoms with Gasteiger partial charge < -0.3 is 20.1 Å². The van der Waals surface area contributed by atoms with Crippen LogP contribution in [0.3, 0.4) is 0 Å². The lowest BCUT2D eigenvalue weighted by Crippen LogP contribution is -2.50. The molecule has 0 spiro atoms. The lowest BCUT2D eigenvalue weighted by atomic mass is 9.87. The lowest BCUT2D eigenvalue weighted by molar-refractivity contribution is 0.00633. The Morgan fingerprint density at radius 1 is 1.17 bits per heavy atom. The van der Waals surface area contributed by atoms with Crippen molar-refractivity contribution in [3.8, 4) is 0 Å². The van der Waals surface area contributed by atoms with Gasteiger partial charge in [-0.25, -0.2) is 4.79 Å². The number of carbonyl (C=O) groups excluding carboxylic acids is 1. The first-order valence-electron chi connectivity index (χ1n) is 8.81. The molecule has 0 aliphatic heterocycles. The Morgan fingerprint density at radius 3 is 2.17 bits per heavy atom. The number of carbonyl (C=O) groups is 1. The van der Waals surface area contributed by atoms with Gasteiger partial charge in [-0.15, -0.1) is 0 Å². The van der Waals surface area contributed by atoms with Crippen LogP contribution in [0.1, 0.15) is 67.2 Å². The van der Waals surface area contributed by atoms with Crippen molar-refractivity contribution in [3.05, 3.63) is 0 Å². The van der Waals surface area contributed by atoms with Crippen LogP contribution in [0.4, 0.5) is 4.79 Å². The van der Waals surface area contributed by atoms with Gasteiger partial charge in [0, 0.05) is 37.2 Å². The molecule has 0 bridgehead atoms. The van der Waals surface area contributed by atoms with Crippen LogP contribution in [0.25, 0.3) is 0 Å². The third kappa shape index (κ3) is 6.68. The molecule has 0 saturated heterocycles. The molecule has 1 fully saturated rings. The summed E-state index contributed by atoms with van der Waals surface area (Å²) in [5.41, 5.74) is -0.733. The minimum Gasteiger partial charge on any atom is -0.444 e. The molecule has 0 unspecified atom stereocenters. The van der Waals surface area contributed by atoms with Crippen LogP contribution in [-0.4, -0.2) is 53.5 Å². The summed E-state index contributed by atoms with van der Waals surface area (Å²) in [6.07, 6.45) is 4.31. The molecule has 1 rings (SSSR count). The van der Waals surface area contributed by atoms with Crippen molar-refractivity contribution < 1.29 is 14.6 Å². The fourth-order valence-corrected chi connectivity index (χ4v) is 3.08. The summed E-state index contributed by atoms with van der Waals surface area (Å²) in [7, 11) is 0. The average molecular weight is 328 g/mol. The van der Waals surface area contributed by atoms with E-state index in [-0.39, 0.29) is 23.7 Å². The Kier molecular flexibility index (Phi) is 6.90. The lowest BCUT2D eigenvalue weighted by Gasteiger charge is -2.37. The first-order valence-corrected chi connectivity index (χ1v) is 8.81. The highest BCUT2D eigenvalue weighted by molar-refractivity contribution is 5.69. The van der Waals surface area contributed by atoms with Gasteiger partial charge in [0.1, 0.15) is 5.60 Å². The van der Waals surface area contributed by atoms with Crippen LogP contribution in [0, 0.1) is 5.41 Å². The molecule has 1 aliphatic carbocycles. The molecule has 0 aromatic carbocycles. The van der Waals surface area contributed by atoms with Gasteiger partial charge in [-0.2, -0.15) is 0 Å². The Balaban J connectivity index is 2.50. The van der Waals surface area contributed by atoms with E-state index in [9.17, 15) is 9.90 Å². The van der Waals surface area contributed by atoms with Crippen LogP contribution in [0.5, 0.6) is 0 Å². The summed E-state index contributed by atoms with van der Waals surface area (Å²) in [5, 5.41) is 13.1. The second kappa shape index (κ2) is 7.84. The SMILES string of the molecule is CC(C)(C)OC(=O)N(CCNCC1(CO)CCCC1)C(C)(C)C. The molecule has 1 aliphatic rings. The molecule has 0 heterocycles. The number of nitrogens with one attached hydrogen (secondary N) is 1. The zero-order valence-electron chi connectivity index (χ0n) is 15.9. The second-order valence-corrected chi connectivity index (χ2v) is 8.84. The Morgan fingerprint density at radius 2 is 1.74 bits per heavy atom. The molecule has 0 aromatic heterocycles. The summed E-state index contributed by atoms with van der Waals surface area (Å²) in [6, 6.07) is 0. The number of aliphatic hydroxyl groups is 1. The maximum atomic E-state index is 12.4. The first-order chi connectivity index (χ1) is 10.5. The number of amides is 1. The molecule has 136 valence electrons. The summed E-state index contributed by atoms with van der Waals surface area (Å²) in [6.45, 7) is 14.1. The van der Waals surface area contributed by atoms with Gasteiger partial charge >= 0.3 is 6.09 Å². The van der Waals surface area contributed by atoms with Crippen molar-refractivity contribution in [2.75, 3.05) is 26.2 Å². The minimum absolute atomic E-state index is 0.0402. The van der Waals surface area contributed by atoms with Gasteiger partial charge in [-0.05, 0) is 54.4 Å². The van der Waals surface area contributed by atoms with E-state index in [0.29, 0.717) is 13.1 Å². The number of hydrogen-bond acceptors (Lipinski definition) is 4. The zero-order chi connectivity index (χ0) is 17.7. The van der Waals surface area contributed by atoms with E-state index in [0.717, 1.165) is 19.4 Å². The van der Waals surface area contributed by atoms with Gasteiger partial charge in [0.2, 0.25) is 0 Å². The molecule has 5 heteroatoms. The van der Waals surface area contributed by atoms with Gasteiger partial charge in [0.25, 0.3) is 0 Å². The van der Waals surface area contributed by atoms with Crippen molar-refractivity contribution in [1.82, 2.24) is 10.2 Å². The van der Waals surface area contributed by atoms with E-state index in [1.807, 2.05) is 41.5 Å². The number of ether oxygens (including phenoxy) is 1. The van der Waals surface area contributed by atoms with Crippen LogP contribution in [-0.2, 0) is 4.74 Å². The van der Waals surface area contributed by atoms with Crippen LogP contribution >= 0.6 is 0 Å². The van der Waals surface area contributed by atoms with Crippen molar-refractivity contribution in [1.29, 1.82) is 0 Å². The van der Waals surface area contributed by atoms with E-state index >= 15 is 0 Å². The molecule has 0 atom stereocenters. The van der Waals surface area contributed by atoms with Crippen LogP contribution in [0.15, 0.2) is 0 Å². The standard InChI is InChI=1S/C18H36N2O3/c1-16(2,3)20(15(22)23-17(4,5)6)12-11-19-13-18(14-21)9-7-8-10-18/h19,21H,7-14H2,1-6H3. The average Bonchev–Trinajstić information content (AvgIpc) is 2.84. The van der Waals surface area contributed by atoms with Crippen LogP contribution < -0.4 is 5.32 Å². The van der Waals surface area contributed by atoms with Crippen LogP contribution in [0.2, 0.25) is 0 Å². The first kappa shape index (κ1) is 20.2. The van der Waals surface area contributed by atoms with Crippen molar-refractivity contribution in [2.45, 2.75) is 78.4 Å². The number of rotatable bonds is 6. The summed E-state index contributed by atoms with van der Waals surface area (Å²) < 4.78 is 5.52. The fourth-order valence-electron chi connectivity index (χ4n) is 3.08. The van der Waals surface area contributed by atoms with Gasteiger partial charge in [0.05, 0.1) is 0 Å². The van der Waals surface area contributed by atoms with E-state index in [2.05, 4.69) is 5.32 Å². The molecule has 1 amide bonds. The summed E-state index contributed by atoms with van der Waals surface area (Å²) in [5.74, 6) is 0. The molecule has 2 N–H and O–H groups in total. The van der Waals surface area contributed by atoms with E-state index in [1.54, 1.807) is 4.90 Å². The topological polar surface area (TPSA) is 61.8 Å². The van der Waals surface area contributed by atoms with Crippen molar-refractivity contribution >= 4 is 6.09 Å². The highest BCUT2D eigenvalue weighted by Crippen LogP contribution is 2.36. The highest BCUT2D eigenvalue weighted by Gasteiger charge is 2.33. The van der Waals surface area contributed by atoms with E-state index in [1.165, 1.54) is 12.8 Å². The smallest absolute Gasteiger partial charge is 0.410 e. The third-order valence-electron chi connectivity index (χ3n) is 4.44. The molecule has 5 nitrogen and oxygen atoms in total. The minimum atomic E-state index is -0.487. The predicted molar refractivity (Wildman–Crippen MR) is 93.5 cm³/mol. The van der Waals surface area contributed by atoms with E-state index < -0.39 is 5.60 Å². The van der Waals surface area contributed by atoms with Crippen molar-refractivity contribution in [2.24, 2.45) is 5.41 Å². The summed E-state index contributed by atoms with van der Waals surface area (Å²) >= 11 is 0. The summed E-state index contributed by atoms with van der Waals surface area (Å²) in [4.78, 5) is 14.2. The number of nitrogens with zero attached hydrogens (tertiary/aromatic N) is 1. The maximum Gasteiger partial charge on any atom is 0.410 e. The number of hydrogen-bond donors (Lipinski definition) is 2. The Bertz CT molecular complexity index is 377. The molecule has 0 radical (unpaired) electrons. The number of aliphatic hydroxyl groups excluding tert-OH is 1. The Labute approximate surface area is 141 Å². The fraction of sp³-hybridized carbons (Fsp3) is 0.944. The monoisotopic (exact) mass is 328 g/mol. The second-order valence-electron chi connectivity index (χ2n) is 8.84. The predicted octanol–water partition coefficient (Wildman–Crippen LogP) is 3.16. The molecule has 0 aromatic rings. The van der Waals surface area contributed by atoms with Gasteiger partial charge in [-0.3, -0.25) is 0 Å². The Hall–Kier alpha value is -0.810. The van der Waals surface area contributed by atoms with E-state index in [4.69, 9.17) is 4.74 Å². The molecule has 1 saturated carbocycles. The van der Waals surface area contributed by atoms with Crippen molar-refractivity contribution in [3.63, 3.8) is 0 Å².